The van der Waals surface area contributed by atoms with Gasteiger partial charge >= 0.3 is 0 Å². The standard InChI is InChI=1S/C21H38NS.ClH/c1-3-4-5-6-7-8-9-10-11-12-13-14-18-23-20-22-17-15-16-21(2)19-22;/h15-17,19H,3-14,18,20H2,1-2H3;1H/q+1;/p-1. The monoisotopic (exact) mass is 371 g/mol. The third-order valence-electron chi connectivity index (χ3n) is 4.39. The fourth-order valence-corrected chi connectivity index (χ4v) is 3.86. The number of thioether (sulfide) groups is 1. The maximum Gasteiger partial charge on any atom is 0.194 e. The van der Waals surface area contributed by atoms with Crippen molar-refractivity contribution in [2.45, 2.75) is 96.8 Å². The van der Waals surface area contributed by atoms with E-state index in [9.17, 15) is 0 Å². The molecule has 1 aromatic heterocycles. The topological polar surface area (TPSA) is 3.88 Å². The number of aryl methyl sites for hydroxylation is 1. The lowest BCUT2D eigenvalue weighted by Gasteiger charge is -2.03. The molecule has 0 amide bonds. The van der Waals surface area contributed by atoms with Crippen LogP contribution in [0.25, 0.3) is 0 Å². The van der Waals surface area contributed by atoms with E-state index >= 15 is 0 Å². The van der Waals surface area contributed by atoms with E-state index in [1.165, 1.54) is 88.4 Å². The summed E-state index contributed by atoms with van der Waals surface area (Å²) in [5, 5.41) is 0. The third-order valence-corrected chi connectivity index (χ3v) is 5.45. The average Bonchev–Trinajstić information content (AvgIpc) is 2.55. The summed E-state index contributed by atoms with van der Waals surface area (Å²) in [7, 11) is 0. The third kappa shape index (κ3) is 14.2. The Balaban J connectivity index is 0.00000529. The van der Waals surface area contributed by atoms with Gasteiger partial charge in [-0.25, -0.2) is 0 Å². The second-order valence-electron chi connectivity index (χ2n) is 6.82. The summed E-state index contributed by atoms with van der Waals surface area (Å²) >= 11 is 2.06. The second-order valence-corrected chi connectivity index (χ2v) is 7.90. The van der Waals surface area contributed by atoms with Gasteiger partial charge in [0.25, 0.3) is 0 Å². The Morgan fingerprint density at radius 1 is 0.833 bits per heavy atom. The van der Waals surface area contributed by atoms with E-state index in [0.29, 0.717) is 0 Å². The minimum Gasteiger partial charge on any atom is -1.00 e. The van der Waals surface area contributed by atoms with Gasteiger partial charge in [-0.15, -0.1) is 0 Å². The number of halogens is 1. The largest absolute Gasteiger partial charge is 1.00 e. The van der Waals surface area contributed by atoms with E-state index in [-0.39, 0.29) is 12.4 Å². The first-order chi connectivity index (χ1) is 11.3. The Labute approximate surface area is 161 Å². The normalized spacial score (nSPS) is 10.6. The van der Waals surface area contributed by atoms with Gasteiger partial charge in [-0.05, 0) is 25.2 Å². The van der Waals surface area contributed by atoms with Gasteiger partial charge in [0.05, 0.1) is 0 Å². The lowest BCUT2D eigenvalue weighted by atomic mass is 10.1. The highest BCUT2D eigenvalue weighted by Crippen LogP contribution is 2.13. The van der Waals surface area contributed by atoms with Crippen molar-refractivity contribution in [1.82, 2.24) is 0 Å². The van der Waals surface area contributed by atoms with Gasteiger partial charge in [0.15, 0.2) is 18.3 Å². The molecule has 0 unspecified atom stereocenters. The summed E-state index contributed by atoms with van der Waals surface area (Å²) < 4.78 is 2.29. The molecule has 0 aliphatic carbocycles. The van der Waals surface area contributed by atoms with Crippen LogP contribution in [0.1, 0.15) is 89.5 Å². The Morgan fingerprint density at radius 2 is 1.38 bits per heavy atom. The zero-order valence-electron chi connectivity index (χ0n) is 15.9. The molecule has 1 heterocycles. The lowest BCUT2D eigenvalue weighted by molar-refractivity contribution is -0.676. The van der Waals surface area contributed by atoms with E-state index in [1.807, 2.05) is 0 Å². The van der Waals surface area contributed by atoms with Gasteiger partial charge in [0.1, 0.15) is 0 Å². The van der Waals surface area contributed by atoms with Gasteiger partial charge in [-0.2, -0.15) is 4.57 Å². The van der Waals surface area contributed by atoms with E-state index in [4.69, 9.17) is 0 Å². The van der Waals surface area contributed by atoms with Crippen LogP contribution in [0.4, 0.5) is 0 Å². The number of nitrogens with zero attached hydrogens (tertiary/aromatic N) is 1. The maximum absolute atomic E-state index is 2.29. The first-order valence-electron chi connectivity index (χ1n) is 9.86. The number of unbranched alkanes of at least 4 members (excludes halogenated alkanes) is 11. The Morgan fingerprint density at radius 3 is 1.92 bits per heavy atom. The zero-order chi connectivity index (χ0) is 16.6. The number of rotatable bonds is 15. The van der Waals surface area contributed by atoms with Crippen molar-refractivity contribution in [3.8, 4) is 0 Å². The first-order valence-corrected chi connectivity index (χ1v) is 11.0. The molecule has 0 atom stereocenters. The van der Waals surface area contributed by atoms with Crippen LogP contribution in [-0.2, 0) is 5.88 Å². The first kappa shape index (κ1) is 23.8. The van der Waals surface area contributed by atoms with Crippen molar-refractivity contribution < 1.29 is 17.0 Å². The minimum absolute atomic E-state index is 0. The molecule has 0 bridgehead atoms. The minimum atomic E-state index is 0. The van der Waals surface area contributed by atoms with Crippen LogP contribution in [0.15, 0.2) is 24.5 Å². The molecule has 0 saturated heterocycles. The van der Waals surface area contributed by atoms with Gasteiger partial charge in [0, 0.05) is 11.6 Å². The molecule has 0 aliphatic rings. The van der Waals surface area contributed by atoms with E-state index < -0.39 is 0 Å². The predicted octanol–water partition coefficient (Wildman–Crippen LogP) is 3.68. The van der Waals surface area contributed by atoms with Gasteiger partial charge in [0.2, 0.25) is 0 Å². The van der Waals surface area contributed by atoms with Gasteiger partial charge in [-0.3, -0.25) is 0 Å². The van der Waals surface area contributed by atoms with Crippen molar-refractivity contribution in [2.75, 3.05) is 5.75 Å². The molecule has 3 heteroatoms. The highest BCUT2D eigenvalue weighted by atomic mass is 35.5. The molecule has 0 saturated carbocycles. The highest BCUT2D eigenvalue weighted by molar-refractivity contribution is 7.98. The molecule has 24 heavy (non-hydrogen) atoms. The molecule has 140 valence electrons. The van der Waals surface area contributed by atoms with E-state index in [0.717, 1.165) is 5.88 Å². The zero-order valence-corrected chi connectivity index (χ0v) is 17.5. The molecule has 0 fully saturated rings. The fraction of sp³-hybridized carbons (Fsp3) is 0.762. The summed E-state index contributed by atoms with van der Waals surface area (Å²) in [6.45, 7) is 4.45. The van der Waals surface area contributed by atoms with Crippen LogP contribution in [-0.4, -0.2) is 5.75 Å². The highest BCUT2D eigenvalue weighted by Gasteiger charge is 2.00. The molecule has 0 aromatic carbocycles. The summed E-state index contributed by atoms with van der Waals surface area (Å²) in [4.78, 5) is 0. The van der Waals surface area contributed by atoms with Crippen molar-refractivity contribution >= 4 is 11.8 Å². The molecule has 0 spiro atoms. The number of aromatic nitrogens is 1. The predicted molar refractivity (Wildman–Crippen MR) is 105 cm³/mol. The van der Waals surface area contributed by atoms with Crippen molar-refractivity contribution in [1.29, 1.82) is 0 Å². The maximum atomic E-state index is 2.29. The molecule has 1 aromatic rings. The van der Waals surface area contributed by atoms with E-state index in [2.05, 4.69) is 54.7 Å². The van der Waals surface area contributed by atoms with Crippen molar-refractivity contribution in [2.24, 2.45) is 0 Å². The van der Waals surface area contributed by atoms with Crippen LogP contribution >= 0.6 is 11.8 Å². The second kappa shape index (κ2) is 17.6. The molecule has 1 rings (SSSR count). The molecule has 0 aliphatic heterocycles. The lowest BCUT2D eigenvalue weighted by Crippen LogP contribution is -3.00. The van der Waals surface area contributed by atoms with Crippen LogP contribution in [0.3, 0.4) is 0 Å². The Kier molecular flexibility index (Phi) is 17.5. The average molecular weight is 372 g/mol. The summed E-state index contributed by atoms with van der Waals surface area (Å²) in [5.74, 6) is 2.40. The molecular weight excluding hydrogens is 334 g/mol. The number of hydrogen-bond acceptors (Lipinski definition) is 1. The van der Waals surface area contributed by atoms with Crippen molar-refractivity contribution in [3.63, 3.8) is 0 Å². The van der Waals surface area contributed by atoms with Gasteiger partial charge < -0.3 is 12.4 Å². The van der Waals surface area contributed by atoms with Crippen LogP contribution in [0, 0.1) is 6.92 Å². The molecule has 0 N–H and O–H groups in total. The molecule has 1 nitrogen and oxygen atoms in total. The quantitative estimate of drug-likeness (QED) is 0.336. The van der Waals surface area contributed by atoms with Crippen LogP contribution in [0.2, 0.25) is 0 Å². The van der Waals surface area contributed by atoms with Crippen molar-refractivity contribution in [3.05, 3.63) is 30.1 Å². The smallest absolute Gasteiger partial charge is 0.194 e. The fourth-order valence-electron chi connectivity index (χ4n) is 2.95. The number of hydrogen-bond donors (Lipinski definition) is 0. The van der Waals surface area contributed by atoms with Crippen LogP contribution < -0.4 is 17.0 Å². The van der Waals surface area contributed by atoms with Crippen LogP contribution in [0.5, 0.6) is 0 Å². The summed E-state index contributed by atoms with van der Waals surface area (Å²) in [6, 6.07) is 4.30. The Hall–Kier alpha value is -0.210. The summed E-state index contributed by atoms with van der Waals surface area (Å²) in [6.07, 6.45) is 21.7. The molecule has 0 radical (unpaired) electrons. The molecular formula is C21H38ClNS. The summed E-state index contributed by atoms with van der Waals surface area (Å²) in [5.41, 5.74) is 1.35. The SMILES string of the molecule is CCCCCCCCCCCCCCSC[n+]1cccc(C)c1.[Cl-]. The van der Waals surface area contributed by atoms with Gasteiger partial charge in [-0.1, -0.05) is 89.3 Å². The number of pyridine rings is 1. The Bertz CT molecular complexity index is 384. The van der Waals surface area contributed by atoms with E-state index in [1.54, 1.807) is 0 Å².